The molecule has 62 valence electrons. The SMILES string of the molecule is COCCc1nc(CN)co1. The highest BCUT2D eigenvalue weighted by molar-refractivity contribution is 4.95. The Hall–Kier alpha value is -0.870. The number of methoxy groups -OCH3 is 1. The average Bonchev–Trinajstić information content (AvgIpc) is 2.48. The van der Waals surface area contributed by atoms with E-state index in [1.54, 1.807) is 13.4 Å². The molecule has 0 aliphatic rings. The number of nitrogens with zero attached hydrogens (tertiary/aromatic N) is 1. The third-order valence-electron chi connectivity index (χ3n) is 1.33. The van der Waals surface area contributed by atoms with E-state index in [2.05, 4.69) is 4.98 Å². The Kier molecular flexibility index (Phi) is 3.07. The second-order valence-electron chi connectivity index (χ2n) is 2.18. The lowest BCUT2D eigenvalue weighted by atomic mass is 10.4. The van der Waals surface area contributed by atoms with Crippen molar-refractivity contribution >= 4 is 0 Å². The smallest absolute Gasteiger partial charge is 0.196 e. The molecule has 0 saturated carbocycles. The van der Waals surface area contributed by atoms with Crippen molar-refractivity contribution in [3.63, 3.8) is 0 Å². The molecule has 1 aromatic heterocycles. The normalized spacial score (nSPS) is 10.4. The van der Waals surface area contributed by atoms with Gasteiger partial charge in [0.25, 0.3) is 0 Å². The van der Waals surface area contributed by atoms with Crippen LogP contribution >= 0.6 is 0 Å². The highest BCUT2D eigenvalue weighted by atomic mass is 16.5. The van der Waals surface area contributed by atoms with Crippen LogP contribution in [0.5, 0.6) is 0 Å². The summed E-state index contributed by atoms with van der Waals surface area (Å²) < 4.78 is 9.94. The molecule has 4 heteroatoms. The summed E-state index contributed by atoms with van der Waals surface area (Å²) in [5.41, 5.74) is 6.13. The predicted octanol–water partition coefficient (Wildman–Crippen LogP) is 0.322. The molecule has 1 aromatic rings. The molecule has 0 fully saturated rings. The Balaban J connectivity index is 2.44. The molecule has 0 saturated heterocycles. The number of rotatable bonds is 4. The Bertz CT molecular complexity index is 210. The average molecular weight is 156 g/mol. The van der Waals surface area contributed by atoms with E-state index in [1.807, 2.05) is 0 Å². The van der Waals surface area contributed by atoms with Crippen LogP contribution in [0.15, 0.2) is 10.7 Å². The Morgan fingerprint density at radius 3 is 3.09 bits per heavy atom. The van der Waals surface area contributed by atoms with E-state index in [0.29, 0.717) is 25.5 Å². The van der Waals surface area contributed by atoms with Gasteiger partial charge in [0.15, 0.2) is 5.89 Å². The van der Waals surface area contributed by atoms with Gasteiger partial charge in [-0.3, -0.25) is 0 Å². The summed E-state index contributed by atoms with van der Waals surface area (Å²) in [6.45, 7) is 1.06. The zero-order chi connectivity index (χ0) is 8.10. The lowest BCUT2D eigenvalue weighted by molar-refractivity contribution is 0.195. The van der Waals surface area contributed by atoms with Crippen molar-refractivity contribution in [2.75, 3.05) is 13.7 Å². The van der Waals surface area contributed by atoms with Crippen molar-refractivity contribution in [3.8, 4) is 0 Å². The van der Waals surface area contributed by atoms with Crippen molar-refractivity contribution in [1.82, 2.24) is 4.98 Å². The summed E-state index contributed by atoms with van der Waals surface area (Å²) in [6, 6.07) is 0. The second-order valence-corrected chi connectivity index (χ2v) is 2.18. The fourth-order valence-electron chi connectivity index (χ4n) is 0.747. The minimum atomic E-state index is 0.427. The van der Waals surface area contributed by atoms with Crippen molar-refractivity contribution in [3.05, 3.63) is 17.8 Å². The highest BCUT2D eigenvalue weighted by Crippen LogP contribution is 2.01. The minimum absolute atomic E-state index is 0.427. The second kappa shape index (κ2) is 4.10. The Morgan fingerprint density at radius 1 is 1.73 bits per heavy atom. The lowest BCUT2D eigenvalue weighted by Gasteiger charge is -1.91. The summed E-state index contributed by atoms with van der Waals surface area (Å²) in [5.74, 6) is 0.687. The molecular weight excluding hydrogens is 144 g/mol. The molecule has 2 N–H and O–H groups in total. The van der Waals surface area contributed by atoms with Gasteiger partial charge in [-0.2, -0.15) is 0 Å². The third-order valence-corrected chi connectivity index (χ3v) is 1.33. The number of hydrogen-bond donors (Lipinski definition) is 1. The van der Waals surface area contributed by atoms with E-state index in [9.17, 15) is 0 Å². The monoisotopic (exact) mass is 156 g/mol. The molecule has 0 unspecified atom stereocenters. The van der Waals surface area contributed by atoms with Gasteiger partial charge < -0.3 is 14.9 Å². The first kappa shape index (κ1) is 8.23. The molecule has 0 bridgehead atoms. The zero-order valence-electron chi connectivity index (χ0n) is 6.54. The number of aromatic nitrogens is 1. The van der Waals surface area contributed by atoms with Gasteiger partial charge in [-0.15, -0.1) is 0 Å². The summed E-state index contributed by atoms with van der Waals surface area (Å²) >= 11 is 0. The quantitative estimate of drug-likeness (QED) is 0.682. The first-order chi connectivity index (χ1) is 5.36. The van der Waals surface area contributed by atoms with Crippen LogP contribution < -0.4 is 5.73 Å². The summed E-state index contributed by atoms with van der Waals surface area (Å²) in [7, 11) is 1.65. The van der Waals surface area contributed by atoms with Gasteiger partial charge in [0.05, 0.1) is 12.3 Å². The maximum absolute atomic E-state index is 5.34. The highest BCUT2D eigenvalue weighted by Gasteiger charge is 2.00. The molecular formula is C7H12N2O2. The van der Waals surface area contributed by atoms with Gasteiger partial charge in [0.2, 0.25) is 0 Å². The summed E-state index contributed by atoms with van der Waals surface area (Å²) in [4.78, 5) is 4.09. The van der Waals surface area contributed by atoms with Crippen LogP contribution in [0.25, 0.3) is 0 Å². The van der Waals surface area contributed by atoms with E-state index < -0.39 is 0 Å². The Labute approximate surface area is 65.4 Å². The number of oxazole rings is 1. The fraction of sp³-hybridized carbons (Fsp3) is 0.571. The maximum atomic E-state index is 5.34. The predicted molar refractivity (Wildman–Crippen MR) is 40.0 cm³/mol. The third kappa shape index (κ3) is 2.32. The van der Waals surface area contributed by atoms with Gasteiger partial charge in [-0.1, -0.05) is 0 Å². The minimum Gasteiger partial charge on any atom is -0.449 e. The van der Waals surface area contributed by atoms with Gasteiger partial charge in [0, 0.05) is 20.1 Å². The molecule has 0 aliphatic carbocycles. The van der Waals surface area contributed by atoms with Gasteiger partial charge >= 0.3 is 0 Å². The molecule has 0 aliphatic heterocycles. The molecule has 11 heavy (non-hydrogen) atoms. The van der Waals surface area contributed by atoms with Crippen molar-refractivity contribution in [2.45, 2.75) is 13.0 Å². The van der Waals surface area contributed by atoms with Crippen molar-refractivity contribution in [2.24, 2.45) is 5.73 Å². The van der Waals surface area contributed by atoms with Gasteiger partial charge in [-0.05, 0) is 0 Å². The first-order valence-corrected chi connectivity index (χ1v) is 3.49. The van der Waals surface area contributed by atoms with Crippen LogP contribution in [0.2, 0.25) is 0 Å². The van der Waals surface area contributed by atoms with E-state index in [0.717, 1.165) is 5.69 Å². The van der Waals surface area contributed by atoms with Gasteiger partial charge in [0.1, 0.15) is 6.26 Å². The molecule has 0 spiro atoms. The fourth-order valence-corrected chi connectivity index (χ4v) is 0.747. The van der Waals surface area contributed by atoms with Crippen LogP contribution in [0.4, 0.5) is 0 Å². The standard InChI is InChI=1S/C7H12N2O2/c1-10-3-2-7-9-6(4-8)5-11-7/h5H,2-4,8H2,1H3. The maximum Gasteiger partial charge on any atom is 0.196 e. The molecule has 0 atom stereocenters. The van der Waals surface area contributed by atoms with Crippen LogP contribution in [0.3, 0.4) is 0 Å². The van der Waals surface area contributed by atoms with Crippen LogP contribution in [-0.2, 0) is 17.7 Å². The van der Waals surface area contributed by atoms with Crippen LogP contribution in [0.1, 0.15) is 11.6 Å². The molecule has 1 heterocycles. The largest absolute Gasteiger partial charge is 0.449 e. The zero-order valence-corrected chi connectivity index (χ0v) is 6.54. The summed E-state index contributed by atoms with van der Waals surface area (Å²) in [5, 5.41) is 0. The molecule has 1 rings (SSSR count). The molecule has 4 nitrogen and oxygen atoms in total. The van der Waals surface area contributed by atoms with Crippen molar-refractivity contribution in [1.29, 1.82) is 0 Å². The lowest BCUT2D eigenvalue weighted by Crippen LogP contribution is -1.98. The number of ether oxygens (including phenoxy) is 1. The van der Waals surface area contributed by atoms with E-state index in [1.165, 1.54) is 0 Å². The molecule has 0 aromatic carbocycles. The molecule has 0 amide bonds. The number of nitrogens with two attached hydrogens (primary N) is 1. The van der Waals surface area contributed by atoms with Crippen molar-refractivity contribution < 1.29 is 9.15 Å². The summed E-state index contributed by atoms with van der Waals surface area (Å²) in [6.07, 6.45) is 2.28. The van der Waals surface area contributed by atoms with E-state index in [-0.39, 0.29) is 0 Å². The van der Waals surface area contributed by atoms with Gasteiger partial charge in [-0.25, -0.2) is 4.98 Å². The first-order valence-electron chi connectivity index (χ1n) is 3.49. The Morgan fingerprint density at radius 2 is 2.55 bits per heavy atom. The van der Waals surface area contributed by atoms with E-state index in [4.69, 9.17) is 14.9 Å². The van der Waals surface area contributed by atoms with E-state index >= 15 is 0 Å². The topological polar surface area (TPSA) is 61.3 Å². The number of hydrogen-bond acceptors (Lipinski definition) is 4. The van der Waals surface area contributed by atoms with Crippen LogP contribution in [-0.4, -0.2) is 18.7 Å². The van der Waals surface area contributed by atoms with Crippen LogP contribution in [0, 0.1) is 0 Å². The molecule has 0 radical (unpaired) electrons.